The highest BCUT2D eigenvalue weighted by Gasteiger charge is 2.26. The van der Waals surface area contributed by atoms with Gasteiger partial charge in [0, 0.05) is 54.9 Å². The molecule has 5 nitrogen and oxygen atoms in total. The highest BCUT2D eigenvalue weighted by atomic mass is 15.2. The predicted octanol–water partition coefficient (Wildman–Crippen LogP) is 3.83. The SMILES string of the molecule is [B]c1cc([B])c2c(c1)c1c([B])c3c4cc([B])cc([B])c4n(-c4nc(-c5ccccc5)nc(-c5cccc(-c6ccccc6)c5)n4)c3c([B])c1n2-c1ccccc1. The normalized spacial score (nSPS) is 11.6. The van der Waals surface area contributed by atoms with E-state index >= 15 is 0 Å². The van der Waals surface area contributed by atoms with Crippen LogP contribution in [0.5, 0.6) is 0 Å². The zero-order valence-corrected chi connectivity index (χ0v) is 30.0. The van der Waals surface area contributed by atoms with Crippen molar-refractivity contribution >= 4 is 123 Å². The summed E-state index contributed by atoms with van der Waals surface area (Å²) in [5.74, 6) is 1.23. The van der Waals surface area contributed by atoms with Crippen molar-refractivity contribution in [3.63, 3.8) is 0 Å². The average molecular weight is 699 g/mol. The highest BCUT2D eigenvalue weighted by Crippen LogP contribution is 2.36. The van der Waals surface area contributed by atoms with E-state index in [9.17, 15) is 0 Å². The largest absolute Gasteiger partial charge is 0.310 e. The molecule has 10 aromatic rings. The Morgan fingerprint density at radius 1 is 0.375 bits per heavy atom. The minimum absolute atomic E-state index is 0.298. The lowest BCUT2D eigenvalue weighted by Gasteiger charge is -2.16. The van der Waals surface area contributed by atoms with Crippen molar-refractivity contribution in [2.45, 2.75) is 0 Å². The van der Waals surface area contributed by atoms with Crippen LogP contribution in [0.2, 0.25) is 0 Å². The number of hydrogen-bond acceptors (Lipinski definition) is 3. The van der Waals surface area contributed by atoms with Gasteiger partial charge in [-0.15, -0.1) is 0 Å². The fraction of sp³-hybridized carbons (Fsp3) is 0. The van der Waals surface area contributed by atoms with E-state index in [0.29, 0.717) is 83.1 Å². The maximum Gasteiger partial charge on any atom is 0.238 e. The van der Waals surface area contributed by atoms with Gasteiger partial charge in [-0.2, -0.15) is 9.97 Å². The molecule has 0 saturated heterocycles. The fourth-order valence-electron chi connectivity index (χ4n) is 8.05. The number of rotatable bonds is 5. The topological polar surface area (TPSA) is 48.5 Å². The van der Waals surface area contributed by atoms with Crippen LogP contribution in [0, 0.1) is 0 Å². The van der Waals surface area contributed by atoms with Gasteiger partial charge in [-0.3, -0.25) is 4.57 Å². The molecule has 0 aliphatic heterocycles. The fourth-order valence-corrected chi connectivity index (χ4v) is 8.05. The molecular weight excluding hydrogens is 675 g/mol. The van der Waals surface area contributed by atoms with Gasteiger partial charge < -0.3 is 4.57 Å². The first-order valence-corrected chi connectivity index (χ1v) is 18.0. The van der Waals surface area contributed by atoms with Gasteiger partial charge in [0.25, 0.3) is 0 Å². The Kier molecular flexibility index (Phi) is 7.96. The van der Waals surface area contributed by atoms with Crippen molar-refractivity contribution < 1.29 is 0 Å². The van der Waals surface area contributed by atoms with Crippen molar-refractivity contribution in [3.05, 3.63) is 140 Å². The van der Waals surface area contributed by atoms with E-state index in [4.69, 9.17) is 62.0 Å². The lowest BCUT2D eigenvalue weighted by atomic mass is 9.78. The van der Waals surface area contributed by atoms with E-state index in [1.165, 1.54) is 0 Å². The average Bonchev–Trinajstić information content (AvgIpc) is 3.76. The van der Waals surface area contributed by atoms with Crippen molar-refractivity contribution in [3.8, 4) is 45.5 Å². The molecule has 0 bridgehead atoms. The van der Waals surface area contributed by atoms with Crippen LogP contribution in [0.1, 0.15) is 0 Å². The molecule has 11 heteroatoms. The quantitative estimate of drug-likeness (QED) is 0.257. The third kappa shape index (κ3) is 5.29. The van der Waals surface area contributed by atoms with Gasteiger partial charge in [-0.1, -0.05) is 149 Å². The van der Waals surface area contributed by atoms with Gasteiger partial charge in [0.15, 0.2) is 11.6 Å². The van der Waals surface area contributed by atoms with Crippen LogP contribution in [0.4, 0.5) is 0 Å². The monoisotopic (exact) mass is 699 g/mol. The number of fused-ring (bicyclic) bond motifs is 6. The van der Waals surface area contributed by atoms with E-state index in [1.807, 2.05) is 112 Å². The molecule has 0 aliphatic rings. The van der Waals surface area contributed by atoms with Gasteiger partial charge >= 0.3 is 0 Å². The van der Waals surface area contributed by atoms with Crippen LogP contribution in [0.15, 0.2) is 140 Å². The molecule has 12 radical (unpaired) electrons. The molecule has 0 aliphatic carbocycles. The summed E-state index contributed by atoms with van der Waals surface area (Å²) < 4.78 is 3.92. The van der Waals surface area contributed by atoms with Crippen LogP contribution >= 0.6 is 0 Å². The van der Waals surface area contributed by atoms with Gasteiger partial charge in [-0.25, -0.2) is 4.98 Å². The van der Waals surface area contributed by atoms with Gasteiger partial charge in [0.1, 0.15) is 47.1 Å². The molecule has 3 aromatic heterocycles. The number of aromatic nitrogens is 5. The predicted molar refractivity (Wildman–Crippen MR) is 237 cm³/mol. The summed E-state index contributed by atoms with van der Waals surface area (Å²) >= 11 is 0. The maximum absolute atomic E-state index is 7.47. The number of para-hydroxylation sites is 1. The highest BCUT2D eigenvalue weighted by molar-refractivity contribution is 6.59. The Labute approximate surface area is 331 Å². The first-order valence-electron chi connectivity index (χ1n) is 18.0. The van der Waals surface area contributed by atoms with E-state index < -0.39 is 0 Å². The molecular formula is C45H23B6N5. The number of hydrogen-bond donors (Lipinski definition) is 0. The van der Waals surface area contributed by atoms with E-state index in [0.717, 1.165) is 38.8 Å². The number of nitrogens with zero attached hydrogens (tertiary/aromatic N) is 5. The molecule has 3 heterocycles. The summed E-state index contributed by atoms with van der Waals surface area (Å²) in [5.41, 5.74) is 9.80. The molecule has 7 aromatic carbocycles. The summed E-state index contributed by atoms with van der Waals surface area (Å²) in [6, 6.07) is 45.2. The Morgan fingerprint density at radius 3 is 1.46 bits per heavy atom. The lowest BCUT2D eigenvalue weighted by Crippen LogP contribution is -2.21. The van der Waals surface area contributed by atoms with Crippen molar-refractivity contribution in [1.82, 2.24) is 24.1 Å². The summed E-state index contributed by atoms with van der Waals surface area (Å²) in [7, 11) is 41.4. The Balaban J connectivity index is 1.37. The van der Waals surface area contributed by atoms with Gasteiger partial charge in [0.2, 0.25) is 5.95 Å². The third-order valence-electron chi connectivity index (χ3n) is 10.4. The second-order valence-electron chi connectivity index (χ2n) is 13.9. The summed E-state index contributed by atoms with van der Waals surface area (Å²) in [6.45, 7) is 0. The first-order chi connectivity index (χ1) is 27.3. The smallest absolute Gasteiger partial charge is 0.238 e. The molecule has 0 atom stereocenters. The molecule has 0 unspecified atom stereocenters. The first kappa shape index (κ1) is 34.1. The summed E-state index contributed by atoms with van der Waals surface area (Å²) in [4.78, 5) is 15.3. The summed E-state index contributed by atoms with van der Waals surface area (Å²) in [5, 5.41) is 2.80. The molecule has 0 spiro atoms. The number of benzene rings is 7. The van der Waals surface area contributed by atoms with E-state index in [2.05, 4.69) is 24.3 Å². The molecule has 0 saturated carbocycles. The van der Waals surface area contributed by atoms with Crippen LogP contribution in [-0.2, 0) is 0 Å². The second kappa shape index (κ2) is 13.1. The second-order valence-corrected chi connectivity index (χ2v) is 13.9. The minimum Gasteiger partial charge on any atom is -0.310 e. The zero-order valence-electron chi connectivity index (χ0n) is 30.0. The molecule has 56 heavy (non-hydrogen) atoms. The van der Waals surface area contributed by atoms with Crippen molar-refractivity contribution in [2.75, 3.05) is 0 Å². The molecule has 0 fully saturated rings. The Bertz CT molecular complexity index is 3200. The Hall–Kier alpha value is -6.46. The third-order valence-corrected chi connectivity index (χ3v) is 10.4. The van der Waals surface area contributed by atoms with E-state index in [1.54, 1.807) is 12.1 Å². The zero-order chi connectivity index (χ0) is 38.2. The molecule has 10 rings (SSSR count). The standard InChI is InChI=1S/C45H23B6N5/c46-28-20-31-35-37(50)36-32-21-29(47)23-34(49)40(32)56(42(36)38(51)41(35)55(39(31)33(48)22-28)30-17-8-3-9-18-30)45-53-43(25-13-6-2-7-14-25)52-44(54-45)27-16-10-15-26(19-27)24-11-4-1-5-12-24/h1-23H. The van der Waals surface area contributed by atoms with Crippen LogP contribution < -0.4 is 32.8 Å². The van der Waals surface area contributed by atoms with E-state index in [-0.39, 0.29) is 0 Å². The van der Waals surface area contributed by atoms with Crippen LogP contribution in [0.3, 0.4) is 0 Å². The van der Waals surface area contributed by atoms with Crippen LogP contribution in [0.25, 0.3) is 89.2 Å². The van der Waals surface area contributed by atoms with Crippen LogP contribution in [-0.4, -0.2) is 71.2 Å². The molecule has 0 amide bonds. The van der Waals surface area contributed by atoms with Gasteiger partial charge in [0.05, 0.1) is 5.52 Å². The summed E-state index contributed by atoms with van der Waals surface area (Å²) in [6.07, 6.45) is 0. The minimum atomic E-state index is 0.298. The maximum atomic E-state index is 7.47. The Morgan fingerprint density at radius 2 is 0.857 bits per heavy atom. The van der Waals surface area contributed by atoms with Gasteiger partial charge in [-0.05, 0) is 34.8 Å². The molecule has 0 N–H and O–H groups in total. The lowest BCUT2D eigenvalue weighted by molar-refractivity contribution is 0.956. The van der Waals surface area contributed by atoms with Crippen molar-refractivity contribution in [2.24, 2.45) is 0 Å². The van der Waals surface area contributed by atoms with Crippen molar-refractivity contribution in [1.29, 1.82) is 0 Å². The molecule has 246 valence electrons.